The Labute approximate surface area is 143 Å². The van der Waals surface area contributed by atoms with Crippen molar-refractivity contribution >= 4 is 17.8 Å². The van der Waals surface area contributed by atoms with E-state index in [4.69, 9.17) is 0 Å². The number of hydrogen-bond donors (Lipinski definition) is 1. The molecule has 3 aliphatic rings. The number of amides is 4. The van der Waals surface area contributed by atoms with Crippen molar-refractivity contribution in [2.45, 2.75) is 64.8 Å². The van der Waals surface area contributed by atoms with E-state index in [1.54, 1.807) is 4.90 Å². The summed E-state index contributed by atoms with van der Waals surface area (Å²) >= 11 is 0. The lowest BCUT2D eigenvalue weighted by atomic mass is 9.67. The zero-order chi connectivity index (χ0) is 17.5. The fraction of sp³-hybridized carbons (Fsp3) is 0.833. The van der Waals surface area contributed by atoms with Crippen molar-refractivity contribution in [3.63, 3.8) is 0 Å². The van der Waals surface area contributed by atoms with Gasteiger partial charge in [-0.1, -0.05) is 20.8 Å². The Balaban J connectivity index is 1.65. The van der Waals surface area contributed by atoms with Crippen molar-refractivity contribution in [1.29, 1.82) is 0 Å². The highest BCUT2D eigenvalue weighted by Crippen LogP contribution is 2.43. The maximum absolute atomic E-state index is 12.9. The molecule has 3 fully saturated rings. The second-order valence-corrected chi connectivity index (χ2v) is 8.63. The number of urea groups is 1. The Hall–Kier alpha value is -1.59. The third kappa shape index (κ3) is 3.03. The van der Waals surface area contributed by atoms with Crippen LogP contribution in [0.15, 0.2) is 0 Å². The van der Waals surface area contributed by atoms with Crippen molar-refractivity contribution < 1.29 is 14.4 Å². The molecule has 2 heterocycles. The summed E-state index contributed by atoms with van der Waals surface area (Å²) in [6.07, 6.45) is 5.22. The highest BCUT2D eigenvalue weighted by atomic mass is 16.2. The van der Waals surface area contributed by atoms with Crippen molar-refractivity contribution in [3.05, 3.63) is 0 Å². The average Bonchev–Trinajstić information content (AvgIpc) is 3.11. The summed E-state index contributed by atoms with van der Waals surface area (Å²) in [5.41, 5.74) is -0.553. The molecule has 6 heteroatoms. The first-order valence-electron chi connectivity index (χ1n) is 9.15. The molecular formula is C18H29N3O3. The molecule has 0 aromatic rings. The first-order valence-corrected chi connectivity index (χ1v) is 9.15. The second-order valence-electron chi connectivity index (χ2n) is 8.63. The smallest absolute Gasteiger partial charge is 0.325 e. The van der Waals surface area contributed by atoms with E-state index in [-0.39, 0.29) is 23.8 Å². The van der Waals surface area contributed by atoms with Crippen LogP contribution in [0.5, 0.6) is 0 Å². The lowest BCUT2D eigenvalue weighted by molar-refractivity contribution is -0.139. The number of rotatable bonds is 2. The topological polar surface area (TPSA) is 69.7 Å². The monoisotopic (exact) mass is 335 g/mol. The van der Waals surface area contributed by atoms with Crippen LogP contribution in [-0.4, -0.2) is 52.8 Å². The molecule has 1 spiro atoms. The van der Waals surface area contributed by atoms with Crippen LogP contribution in [0.4, 0.5) is 4.79 Å². The molecule has 1 aliphatic carbocycles. The van der Waals surface area contributed by atoms with Crippen molar-refractivity contribution in [3.8, 4) is 0 Å². The number of carbonyl (C=O) groups excluding carboxylic acids is 3. The van der Waals surface area contributed by atoms with E-state index >= 15 is 0 Å². The maximum Gasteiger partial charge on any atom is 0.325 e. The molecule has 0 unspecified atom stereocenters. The Morgan fingerprint density at radius 2 is 1.75 bits per heavy atom. The van der Waals surface area contributed by atoms with Crippen molar-refractivity contribution in [2.75, 3.05) is 19.6 Å². The molecule has 1 N–H and O–H groups in total. The first kappa shape index (κ1) is 17.2. The van der Waals surface area contributed by atoms with Gasteiger partial charge in [-0.25, -0.2) is 4.79 Å². The second kappa shape index (κ2) is 6.05. The van der Waals surface area contributed by atoms with E-state index in [1.807, 2.05) is 0 Å². The predicted octanol–water partition coefficient (Wildman–Crippen LogP) is 2.14. The van der Waals surface area contributed by atoms with E-state index in [0.717, 1.165) is 43.7 Å². The van der Waals surface area contributed by atoms with E-state index < -0.39 is 11.6 Å². The molecular weight excluding hydrogens is 306 g/mol. The number of carbonyl (C=O) groups is 3. The van der Waals surface area contributed by atoms with Gasteiger partial charge >= 0.3 is 6.03 Å². The molecule has 1 saturated carbocycles. The third-order valence-electron chi connectivity index (χ3n) is 6.06. The van der Waals surface area contributed by atoms with Crippen LogP contribution in [-0.2, 0) is 9.59 Å². The van der Waals surface area contributed by atoms with Gasteiger partial charge < -0.3 is 10.2 Å². The quantitative estimate of drug-likeness (QED) is 0.786. The maximum atomic E-state index is 12.9. The summed E-state index contributed by atoms with van der Waals surface area (Å²) in [7, 11) is 0. The van der Waals surface area contributed by atoms with Gasteiger partial charge in [0.1, 0.15) is 12.1 Å². The molecule has 24 heavy (non-hydrogen) atoms. The largest absolute Gasteiger partial charge is 0.341 e. The summed E-state index contributed by atoms with van der Waals surface area (Å²) < 4.78 is 0. The number of hydrogen-bond acceptors (Lipinski definition) is 3. The Morgan fingerprint density at radius 1 is 1.17 bits per heavy atom. The van der Waals surface area contributed by atoms with Crippen LogP contribution in [0.1, 0.15) is 59.3 Å². The number of nitrogens with one attached hydrogen (secondary N) is 1. The zero-order valence-corrected chi connectivity index (χ0v) is 15.1. The minimum absolute atomic E-state index is 0.114. The van der Waals surface area contributed by atoms with E-state index in [9.17, 15) is 14.4 Å². The Bertz CT molecular complexity index is 538. The van der Waals surface area contributed by atoms with Gasteiger partial charge in [-0.15, -0.1) is 0 Å². The number of nitrogens with zero attached hydrogens (tertiary/aromatic N) is 2. The van der Waals surface area contributed by atoms with Crippen LogP contribution >= 0.6 is 0 Å². The molecule has 0 bridgehead atoms. The lowest BCUT2D eigenvalue weighted by Crippen LogP contribution is -2.51. The summed E-state index contributed by atoms with van der Waals surface area (Å²) in [4.78, 5) is 40.4. The summed E-state index contributed by atoms with van der Waals surface area (Å²) in [6.45, 7) is 8.04. The summed E-state index contributed by atoms with van der Waals surface area (Å²) in [5.74, 6) is 0.247. The number of likely N-dealkylation sites (tertiary alicyclic amines) is 1. The standard InChI is InChI=1S/C18H29N3O3/c1-17(2,3)13-6-8-18(9-7-13)15(23)21(16(24)19-18)12-14(22)20-10-4-5-11-20/h13H,4-12H2,1-3H3,(H,19,24). The molecule has 2 saturated heterocycles. The van der Waals surface area contributed by atoms with Crippen LogP contribution in [0.2, 0.25) is 0 Å². The first-order chi connectivity index (χ1) is 11.2. The fourth-order valence-electron chi connectivity index (χ4n) is 4.34. The summed E-state index contributed by atoms with van der Waals surface area (Å²) in [6, 6.07) is -0.401. The SMILES string of the molecule is CC(C)(C)C1CCC2(CC1)NC(=O)N(CC(=O)N1CCCC1)C2=O. The molecule has 0 radical (unpaired) electrons. The molecule has 0 aromatic heterocycles. The molecule has 0 atom stereocenters. The zero-order valence-electron chi connectivity index (χ0n) is 15.1. The fourth-order valence-corrected chi connectivity index (χ4v) is 4.34. The molecule has 3 rings (SSSR count). The third-order valence-corrected chi connectivity index (χ3v) is 6.06. The predicted molar refractivity (Wildman–Crippen MR) is 90.2 cm³/mol. The van der Waals surface area contributed by atoms with E-state index in [2.05, 4.69) is 26.1 Å². The van der Waals surface area contributed by atoms with Gasteiger partial charge in [0.25, 0.3) is 5.91 Å². The van der Waals surface area contributed by atoms with E-state index in [1.165, 1.54) is 0 Å². The van der Waals surface area contributed by atoms with Crippen molar-refractivity contribution in [1.82, 2.24) is 15.1 Å². The minimum atomic E-state index is -0.774. The summed E-state index contributed by atoms with van der Waals surface area (Å²) in [5, 5.41) is 2.90. The molecule has 6 nitrogen and oxygen atoms in total. The molecule has 134 valence electrons. The normalized spacial score (nSPS) is 31.0. The highest BCUT2D eigenvalue weighted by molar-refractivity contribution is 6.09. The van der Waals surface area contributed by atoms with Crippen LogP contribution < -0.4 is 5.32 Å². The van der Waals surface area contributed by atoms with Gasteiger partial charge in [-0.2, -0.15) is 0 Å². The Kier molecular flexibility index (Phi) is 4.34. The van der Waals surface area contributed by atoms with Crippen molar-refractivity contribution in [2.24, 2.45) is 11.3 Å². The average molecular weight is 335 g/mol. The van der Waals surface area contributed by atoms with Crippen LogP contribution in [0.3, 0.4) is 0 Å². The molecule has 2 aliphatic heterocycles. The molecule has 0 aromatic carbocycles. The van der Waals surface area contributed by atoms with E-state index in [0.29, 0.717) is 18.8 Å². The minimum Gasteiger partial charge on any atom is -0.341 e. The molecule has 4 amide bonds. The van der Waals surface area contributed by atoms with Gasteiger partial charge in [0, 0.05) is 13.1 Å². The number of imide groups is 1. The van der Waals surface area contributed by atoms with Gasteiger partial charge in [-0.05, 0) is 49.9 Å². The van der Waals surface area contributed by atoms with Crippen LogP contribution in [0, 0.1) is 11.3 Å². The van der Waals surface area contributed by atoms with Gasteiger partial charge in [0.15, 0.2) is 0 Å². The van der Waals surface area contributed by atoms with Crippen LogP contribution in [0.25, 0.3) is 0 Å². The van der Waals surface area contributed by atoms with Gasteiger partial charge in [0.2, 0.25) is 5.91 Å². The van der Waals surface area contributed by atoms with Gasteiger partial charge in [-0.3, -0.25) is 14.5 Å². The van der Waals surface area contributed by atoms with Gasteiger partial charge in [0.05, 0.1) is 0 Å². The Morgan fingerprint density at radius 3 is 2.29 bits per heavy atom. The lowest BCUT2D eigenvalue weighted by Gasteiger charge is -2.40. The highest BCUT2D eigenvalue weighted by Gasteiger charge is 2.53.